The van der Waals surface area contributed by atoms with Crippen molar-refractivity contribution in [2.75, 3.05) is 36.5 Å². The molecule has 0 saturated carbocycles. The van der Waals surface area contributed by atoms with Gasteiger partial charge >= 0.3 is 0 Å². The lowest BCUT2D eigenvalue weighted by atomic mass is 10.2. The number of aromatic amines is 1. The van der Waals surface area contributed by atoms with Gasteiger partial charge in [-0.05, 0) is 12.1 Å². The minimum absolute atomic E-state index is 0.247. The van der Waals surface area contributed by atoms with Gasteiger partial charge in [-0.2, -0.15) is 5.10 Å². The Morgan fingerprint density at radius 3 is 2.76 bits per heavy atom. The van der Waals surface area contributed by atoms with Crippen LogP contribution in [0.25, 0.3) is 10.9 Å². The standard InChI is InChI=1S/C16H15FN6O2/c17-12-3-1-2-11-13(12)21-22-14(11)20-15(24)10-8-18-16(19-9-10)23-4-6-25-7-5-23/h1-3,8-9H,4-7H2,(H2,20,21,22,24). The molecular formula is C16H15FN6O2. The second-order valence-electron chi connectivity index (χ2n) is 5.56. The van der Waals surface area contributed by atoms with E-state index in [4.69, 9.17) is 4.74 Å². The third kappa shape index (κ3) is 3.01. The van der Waals surface area contributed by atoms with Crippen molar-refractivity contribution in [1.29, 1.82) is 0 Å². The number of aromatic nitrogens is 4. The van der Waals surface area contributed by atoms with Crippen molar-refractivity contribution in [3.8, 4) is 0 Å². The number of benzene rings is 1. The summed E-state index contributed by atoms with van der Waals surface area (Å²) in [6, 6.07) is 4.56. The third-order valence-electron chi connectivity index (χ3n) is 3.97. The molecule has 3 heterocycles. The van der Waals surface area contributed by atoms with Gasteiger partial charge < -0.3 is 15.0 Å². The van der Waals surface area contributed by atoms with E-state index in [2.05, 4.69) is 25.5 Å². The van der Waals surface area contributed by atoms with Crippen molar-refractivity contribution in [3.63, 3.8) is 0 Å². The summed E-state index contributed by atoms with van der Waals surface area (Å²) in [4.78, 5) is 22.8. The van der Waals surface area contributed by atoms with Crippen LogP contribution in [-0.2, 0) is 4.74 Å². The van der Waals surface area contributed by atoms with E-state index in [1.807, 2.05) is 4.90 Å². The highest BCUT2D eigenvalue weighted by Crippen LogP contribution is 2.22. The van der Waals surface area contributed by atoms with Crippen LogP contribution < -0.4 is 10.2 Å². The van der Waals surface area contributed by atoms with Gasteiger partial charge in [0.1, 0.15) is 11.3 Å². The van der Waals surface area contributed by atoms with Crippen molar-refractivity contribution in [3.05, 3.63) is 42.0 Å². The van der Waals surface area contributed by atoms with Gasteiger partial charge in [0, 0.05) is 30.9 Å². The predicted molar refractivity (Wildman–Crippen MR) is 89.1 cm³/mol. The van der Waals surface area contributed by atoms with Gasteiger partial charge in [0.05, 0.1) is 18.8 Å². The second kappa shape index (κ2) is 6.44. The summed E-state index contributed by atoms with van der Waals surface area (Å²) < 4.78 is 19.0. The summed E-state index contributed by atoms with van der Waals surface area (Å²) in [5.74, 6) is -0.0150. The molecule has 25 heavy (non-hydrogen) atoms. The number of fused-ring (bicyclic) bond motifs is 1. The first-order valence-electron chi connectivity index (χ1n) is 7.81. The van der Waals surface area contributed by atoms with Crippen molar-refractivity contribution >= 4 is 28.6 Å². The van der Waals surface area contributed by atoms with Gasteiger partial charge in [0.15, 0.2) is 5.82 Å². The van der Waals surface area contributed by atoms with Crippen molar-refractivity contribution in [1.82, 2.24) is 20.2 Å². The van der Waals surface area contributed by atoms with Gasteiger partial charge in [-0.1, -0.05) is 6.07 Å². The smallest absolute Gasteiger partial charge is 0.260 e. The zero-order valence-corrected chi connectivity index (χ0v) is 13.2. The van der Waals surface area contributed by atoms with Crippen LogP contribution in [0.5, 0.6) is 0 Å². The van der Waals surface area contributed by atoms with Gasteiger partial charge in [-0.25, -0.2) is 14.4 Å². The second-order valence-corrected chi connectivity index (χ2v) is 5.56. The van der Waals surface area contributed by atoms with E-state index in [1.165, 1.54) is 18.5 Å². The SMILES string of the molecule is O=C(Nc1n[nH]c2c(F)cccc12)c1cnc(N2CCOCC2)nc1. The van der Waals surface area contributed by atoms with Crippen LogP contribution in [-0.4, -0.2) is 52.4 Å². The summed E-state index contributed by atoms with van der Waals surface area (Å²) in [5, 5.41) is 9.67. The first-order chi connectivity index (χ1) is 12.2. The monoisotopic (exact) mass is 342 g/mol. The fourth-order valence-corrected chi connectivity index (χ4v) is 2.65. The molecule has 1 aliphatic rings. The number of carbonyl (C=O) groups is 1. The van der Waals surface area contributed by atoms with Crippen molar-refractivity contribution in [2.24, 2.45) is 0 Å². The maximum absolute atomic E-state index is 13.7. The molecule has 0 aliphatic carbocycles. The van der Waals surface area contributed by atoms with E-state index in [0.29, 0.717) is 30.1 Å². The number of halogens is 1. The molecule has 0 atom stereocenters. The van der Waals surface area contributed by atoms with E-state index in [0.717, 1.165) is 13.1 Å². The van der Waals surface area contributed by atoms with E-state index < -0.39 is 11.7 Å². The molecule has 0 unspecified atom stereocenters. The number of hydrogen-bond donors (Lipinski definition) is 2. The Morgan fingerprint density at radius 1 is 1.24 bits per heavy atom. The average Bonchev–Trinajstić information content (AvgIpc) is 3.07. The van der Waals surface area contributed by atoms with Crippen LogP contribution in [0.15, 0.2) is 30.6 Å². The molecule has 128 valence electrons. The number of anilines is 2. The molecule has 0 spiro atoms. The third-order valence-corrected chi connectivity index (χ3v) is 3.97. The molecule has 4 rings (SSSR count). The molecule has 1 amide bonds. The molecule has 0 radical (unpaired) electrons. The Labute approximate surface area is 142 Å². The summed E-state index contributed by atoms with van der Waals surface area (Å²) >= 11 is 0. The Kier molecular flexibility index (Phi) is 3.98. The van der Waals surface area contributed by atoms with Crippen LogP contribution in [0.1, 0.15) is 10.4 Å². The fraction of sp³-hybridized carbons (Fsp3) is 0.250. The topological polar surface area (TPSA) is 96.0 Å². The van der Waals surface area contributed by atoms with Crippen LogP contribution in [0.2, 0.25) is 0 Å². The van der Waals surface area contributed by atoms with Crippen molar-refractivity contribution < 1.29 is 13.9 Å². The van der Waals surface area contributed by atoms with Gasteiger partial charge in [-0.15, -0.1) is 0 Å². The maximum atomic E-state index is 13.7. The minimum Gasteiger partial charge on any atom is -0.378 e. The zero-order chi connectivity index (χ0) is 17.2. The van der Waals surface area contributed by atoms with E-state index >= 15 is 0 Å². The Morgan fingerprint density at radius 2 is 2.00 bits per heavy atom. The highest BCUT2D eigenvalue weighted by atomic mass is 19.1. The lowest BCUT2D eigenvalue weighted by molar-refractivity contribution is 0.102. The number of para-hydroxylation sites is 1. The highest BCUT2D eigenvalue weighted by Gasteiger charge is 2.16. The molecule has 1 saturated heterocycles. The molecule has 9 heteroatoms. The number of ether oxygens (including phenoxy) is 1. The first-order valence-corrected chi connectivity index (χ1v) is 7.81. The predicted octanol–water partition coefficient (Wildman–Crippen LogP) is 1.58. The fourth-order valence-electron chi connectivity index (χ4n) is 2.65. The molecule has 8 nitrogen and oxygen atoms in total. The number of hydrogen-bond acceptors (Lipinski definition) is 6. The number of amides is 1. The molecule has 1 aromatic carbocycles. The molecule has 2 N–H and O–H groups in total. The largest absolute Gasteiger partial charge is 0.378 e. The summed E-state index contributed by atoms with van der Waals surface area (Å²) in [6.45, 7) is 2.70. The lowest BCUT2D eigenvalue weighted by Crippen LogP contribution is -2.37. The lowest BCUT2D eigenvalue weighted by Gasteiger charge is -2.26. The number of H-pyrrole nitrogens is 1. The Hall–Kier alpha value is -3.07. The summed E-state index contributed by atoms with van der Waals surface area (Å²) in [7, 11) is 0. The molecule has 0 bridgehead atoms. The normalized spacial score (nSPS) is 14.7. The Balaban J connectivity index is 1.51. The Bertz CT molecular complexity index is 905. The number of rotatable bonds is 3. The number of nitrogens with zero attached hydrogens (tertiary/aromatic N) is 4. The average molecular weight is 342 g/mol. The zero-order valence-electron chi connectivity index (χ0n) is 13.2. The molecular weight excluding hydrogens is 327 g/mol. The van der Waals surface area contributed by atoms with Gasteiger partial charge in [-0.3, -0.25) is 9.89 Å². The van der Waals surface area contributed by atoms with Gasteiger partial charge in [0.2, 0.25) is 5.95 Å². The molecule has 3 aromatic rings. The summed E-state index contributed by atoms with van der Waals surface area (Å²) in [6.07, 6.45) is 2.92. The van der Waals surface area contributed by atoms with Crippen molar-refractivity contribution in [2.45, 2.75) is 0 Å². The molecule has 1 aliphatic heterocycles. The molecule has 2 aromatic heterocycles. The van der Waals surface area contributed by atoms with Gasteiger partial charge in [0.25, 0.3) is 5.91 Å². The van der Waals surface area contributed by atoms with Crippen LogP contribution in [0.3, 0.4) is 0 Å². The van der Waals surface area contributed by atoms with E-state index in [1.54, 1.807) is 12.1 Å². The number of morpholine rings is 1. The van der Waals surface area contributed by atoms with Crippen LogP contribution in [0, 0.1) is 5.82 Å². The first kappa shape index (κ1) is 15.5. The minimum atomic E-state index is -0.427. The quantitative estimate of drug-likeness (QED) is 0.750. The number of nitrogens with one attached hydrogen (secondary N) is 2. The number of carbonyl (C=O) groups excluding carboxylic acids is 1. The summed E-state index contributed by atoms with van der Waals surface area (Å²) in [5.41, 5.74) is 0.543. The van der Waals surface area contributed by atoms with E-state index in [9.17, 15) is 9.18 Å². The van der Waals surface area contributed by atoms with Crippen LogP contribution >= 0.6 is 0 Å². The molecule has 1 fully saturated rings. The van der Waals surface area contributed by atoms with E-state index in [-0.39, 0.29) is 11.3 Å². The van der Waals surface area contributed by atoms with Crippen LogP contribution in [0.4, 0.5) is 16.2 Å². The maximum Gasteiger partial charge on any atom is 0.260 e. The highest BCUT2D eigenvalue weighted by molar-refractivity contribution is 6.07.